The van der Waals surface area contributed by atoms with Gasteiger partial charge in [-0.05, 0) is 54.5 Å². The predicted molar refractivity (Wildman–Crippen MR) is 97.4 cm³/mol. The highest BCUT2D eigenvalue weighted by Gasteiger charge is 2.27. The first-order valence-corrected chi connectivity index (χ1v) is 8.95. The number of benzene rings is 2. The molecule has 2 aromatic rings. The molecule has 0 spiro atoms. The fraction of sp³-hybridized carbons (Fsp3) is 0.381. The minimum Gasteiger partial charge on any atom is -0.486 e. The van der Waals surface area contributed by atoms with E-state index in [0.717, 1.165) is 36.1 Å². The molecule has 1 aliphatic rings. The highest BCUT2D eigenvalue weighted by atomic mass is 19.1. The van der Waals surface area contributed by atoms with Crippen LogP contribution in [0.2, 0.25) is 0 Å². The zero-order valence-corrected chi connectivity index (χ0v) is 14.8. The molecule has 0 radical (unpaired) electrons. The van der Waals surface area contributed by atoms with Gasteiger partial charge < -0.3 is 10.1 Å². The summed E-state index contributed by atoms with van der Waals surface area (Å²) in [6, 6.07) is 11.0. The van der Waals surface area contributed by atoms with Crippen molar-refractivity contribution in [1.82, 2.24) is 0 Å². The second-order valence-corrected chi connectivity index (χ2v) is 6.46. The van der Waals surface area contributed by atoms with Crippen molar-refractivity contribution in [3.8, 4) is 5.75 Å². The zero-order chi connectivity index (χ0) is 17.8. The van der Waals surface area contributed by atoms with Gasteiger partial charge in [0.1, 0.15) is 6.61 Å². The summed E-state index contributed by atoms with van der Waals surface area (Å²) >= 11 is 0. The summed E-state index contributed by atoms with van der Waals surface area (Å²) in [5, 5.41) is 2.94. The van der Waals surface area contributed by atoms with E-state index in [1.165, 1.54) is 11.6 Å². The van der Waals surface area contributed by atoms with Crippen molar-refractivity contribution in [2.45, 2.75) is 52.1 Å². The molecular formula is C21H24FNO2. The van der Waals surface area contributed by atoms with Crippen LogP contribution in [0.15, 0.2) is 36.4 Å². The second kappa shape index (κ2) is 7.68. The maximum absolute atomic E-state index is 14.2. The number of halogens is 1. The fourth-order valence-corrected chi connectivity index (χ4v) is 2.93. The normalized spacial score (nSPS) is 13.6. The smallest absolute Gasteiger partial charge is 0.224 e. The van der Waals surface area contributed by atoms with Crippen LogP contribution in [0, 0.1) is 5.82 Å². The number of carbonyl (C=O) groups is 1. The lowest BCUT2D eigenvalue weighted by atomic mass is 10.0. The van der Waals surface area contributed by atoms with Crippen LogP contribution in [0.4, 0.5) is 10.1 Å². The average Bonchev–Trinajstić information content (AvgIpc) is 3.46. The van der Waals surface area contributed by atoms with Crippen LogP contribution >= 0.6 is 0 Å². The van der Waals surface area contributed by atoms with Crippen molar-refractivity contribution >= 4 is 11.6 Å². The average molecular weight is 341 g/mol. The van der Waals surface area contributed by atoms with Gasteiger partial charge in [-0.2, -0.15) is 0 Å². The van der Waals surface area contributed by atoms with Crippen molar-refractivity contribution in [2.75, 3.05) is 5.32 Å². The molecule has 3 nitrogen and oxygen atoms in total. The van der Waals surface area contributed by atoms with E-state index in [-0.39, 0.29) is 24.1 Å². The summed E-state index contributed by atoms with van der Waals surface area (Å²) in [4.78, 5) is 11.8. The summed E-state index contributed by atoms with van der Waals surface area (Å²) in [5.41, 5.74) is 3.85. The molecular weight excluding hydrogens is 317 g/mol. The monoisotopic (exact) mass is 341 g/mol. The molecule has 0 saturated heterocycles. The molecule has 1 fully saturated rings. The Bertz CT molecular complexity index is 768. The van der Waals surface area contributed by atoms with Crippen LogP contribution in [0.3, 0.4) is 0 Å². The molecule has 0 aliphatic heterocycles. The minimum atomic E-state index is -0.345. The maximum atomic E-state index is 14.2. The maximum Gasteiger partial charge on any atom is 0.224 e. The van der Waals surface area contributed by atoms with Crippen LogP contribution in [-0.4, -0.2) is 5.91 Å². The number of rotatable bonds is 7. The van der Waals surface area contributed by atoms with E-state index in [0.29, 0.717) is 12.3 Å². The fourth-order valence-electron chi connectivity index (χ4n) is 2.93. The lowest BCUT2D eigenvalue weighted by molar-refractivity contribution is -0.115. The third kappa shape index (κ3) is 4.19. The zero-order valence-electron chi connectivity index (χ0n) is 14.8. The molecule has 4 heteroatoms. The molecule has 3 rings (SSSR count). The molecule has 0 bridgehead atoms. The Kier molecular flexibility index (Phi) is 5.37. The Morgan fingerprint density at radius 1 is 1.24 bits per heavy atom. The van der Waals surface area contributed by atoms with Crippen molar-refractivity contribution in [3.05, 3.63) is 58.9 Å². The van der Waals surface area contributed by atoms with Gasteiger partial charge in [0.05, 0.1) is 0 Å². The molecule has 0 aromatic heterocycles. The first-order chi connectivity index (χ1) is 12.1. The Balaban J connectivity index is 1.84. The third-order valence-electron chi connectivity index (χ3n) is 4.60. The molecule has 25 heavy (non-hydrogen) atoms. The van der Waals surface area contributed by atoms with Gasteiger partial charge in [-0.15, -0.1) is 0 Å². The number of hydrogen-bond acceptors (Lipinski definition) is 2. The summed E-state index contributed by atoms with van der Waals surface area (Å²) in [7, 11) is 0. The lowest BCUT2D eigenvalue weighted by Crippen LogP contribution is -2.13. The first-order valence-electron chi connectivity index (χ1n) is 8.95. The predicted octanol–water partition coefficient (Wildman–Crippen LogP) is 5.19. The van der Waals surface area contributed by atoms with Crippen LogP contribution in [-0.2, 0) is 17.8 Å². The van der Waals surface area contributed by atoms with Crippen molar-refractivity contribution < 1.29 is 13.9 Å². The van der Waals surface area contributed by atoms with Crippen LogP contribution in [0.25, 0.3) is 0 Å². The number of ether oxygens (including phenoxy) is 1. The van der Waals surface area contributed by atoms with E-state index in [1.807, 2.05) is 32.0 Å². The van der Waals surface area contributed by atoms with Gasteiger partial charge in [-0.25, -0.2) is 4.39 Å². The molecule has 132 valence electrons. The lowest BCUT2D eigenvalue weighted by Gasteiger charge is -2.16. The van der Waals surface area contributed by atoms with Crippen molar-refractivity contribution in [1.29, 1.82) is 0 Å². The third-order valence-corrected chi connectivity index (χ3v) is 4.60. The minimum absolute atomic E-state index is 0.0346. The molecule has 0 unspecified atom stereocenters. The summed E-state index contributed by atoms with van der Waals surface area (Å²) in [6.07, 6.45) is 3.51. The van der Waals surface area contributed by atoms with Crippen LogP contribution in [0.5, 0.6) is 5.75 Å². The van der Waals surface area contributed by atoms with Crippen LogP contribution in [0.1, 0.15) is 55.7 Å². The van der Waals surface area contributed by atoms with E-state index < -0.39 is 0 Å². The highest BCUT2D eigenvalue weighted by molar-refractivity contribution is 5.91. The molecule has 1 aliphatic carbocycles. The van der Waals surface area contributed by atoms with Gasteiger partial charge in [0.15, 0.2) is 11.6 Å². The molecule has 0 heterocycles. The number of anilines is 1. The van der Waals surface area contributed by atoms with Gasteiger partial charge in [-0.1, -0.05) is 32.0 Å². The number of carbonyl (C=O) groups excluding carboxylic acids is 1. The second-order valence-electron chi connectivity index (χ2n) is 6.46. The van der Waals surface area contributed by atoms with Gasteiger partial charge in [0.25, 0.3) is 0 Å². The quantitative estimate of drug-likeness (QED) is 0.752. The highest BCUT2D eigenvalue weighted by Crippen LogP contribution is 2.43. The molecule has 1 saturated carbocycles. The summed E-state index contributed by atoms with van der Waals surface area (Å²) in [6.45, 7) is 4.05. The molecule has 1 N–H and O–H groups in total. The number of hydrogen-bond donors (Lipinski definition) is 1. The number of amides is 1. The van der Waals surface area contributed by atoms with Gasteiger partial charge >= 0.3 is 0 Å². The number of nitrogens with one attached hydrogen (secondary N) is 1. The number of aryl methyl sites for hydroxylation is 1. The van der Waals surface area contributed by atoms with E-state index in [4.69, 9.17) is 4.74 Å². The standard InChI is InChI=1S/C21H24FNO2/c1-3-14-8-11-20(18(22)12-14)25-13-17-16(15-9-10-15)6-5-7-19(17)23-21(24)4-2/h5-8,11-12,15H,3-4,9-10,13H2,1-2H3,(H,23,24). The molecule has 2 aromatic carbocycles. The van der Waals surface area contributed by atoms with E-state index in [1.54, 1.807) is 6.07 Å². The molecule has 1 amide bonds. The van der Waals surface area contributed by atoms with E-state index in [2.05, 4.69) is 11.4 Å². The van der Waals surface area contributed by atoms with E-state index in [9.17, 15) is 9.18 Å². The Labute approximate surface area is 148 Å². The topological polar surface area (TPSA) is 38.3 Å². The summed E-state index contributed by atoms with van der Waals surface area (Å²) in [5.74, 6) is 0.384. The van der Waals surface area contributed by atoms with Crippen molar-refractivity contribution in [3.63, 3.8) is 0 Å². The Hall–Kier alpha value is -2.36. The van der Waals surface area contributed by atoms with Gasteiger partial charge in [0, 0.05) is 17.7 Å². The van der Waals surface area contributed by atoms with Crippen LogP contribution < -0.4 is 10.1 Å². The molecule has 0 atom stereocenters. The SMILES string of the molecule is CCC(=O)Nc1cccc(C2CC2)c1COc1ccc(CC)cc1F. The Morgan fingerprint density at radius 3 is 2.68 bits per heavy atom. The Morgan fingerprint density at radius 2 is 2.04 bits per heavy atom. The van der Waals surface area contributed by atoms with Gasteiger partial charge in [0.2, 0.25) is 5.91 Å². The van der Waals surface area contributed by atoms with E-state index >= 15 is 0 Å². The largest absolute Gasteiger partial charge is 0.486 e. The first kappa shape index (κ1) is 17.5. The van der Waals surface area contributed by atoms with Crippen molar-refractivity contribution in [2.24, 2.45) is 0 Å². The van der Waals surface area contributed by atoms with Gasteiger partial charge in [-0.3, -0.25) is 4.79 Å². The summed E-state index contributed by atoms with van der Waals surface area (Å²) < 4.78 is 20.0.